The van der Waals surface area contributed by atoms with Gasteiger partial charge in [-0.05, 0) is 10.4 Å². The number of nitrogens with zero attached hydrogens (tertiary/aromatic N) is 7. The summed E-state index contributed by atoms with van der Waals surface area (Å²) in [4.78, 5) is 9.13. The fraction of sp³-hybridized carbons (Fsp3) is 0. The SMILES string of the molecule is [K+].[N-]=NN/N=N/N=N/N=O. The minimum absolute atomic E-state index is 0. The first-order valence-corrected chi connectivity index (χ1v) is 1.63. The second kappa shape index (κ2) is 11.6. The Bertz CT molecular complexity index is 136. The Labute approximate surface area is 97.6 Å². The summed E-state index contributed by atoms with van der Waals surface area (Å²) in [6.07, 6.45) is 0. The third-order valence-corrected chi connectivity index (χ3v) is 0.251. The molecule has 0 spiro atoms. The van der Waals surface area contributed by atoms with Gasteiger partial charge in [-0.1, -0.05) is 0 Å². The van der Waals surface area contributed by atoms with Crippen LogP contribution in [0.25, 0.3) is 5.53 Å². The van der Waals surface area contributed by atoms with Crippen molar-refractivity contribution in [2.45, 2.75) is 0 Å². The first kappa shape index (κ1) is 12.5. The molecule has 0 rings (SSSR count). The summed E-state index contributed by atoms with van der Waals surface area (Å²) < 4.78 is 0. The molecule has 9 nitrogen and oxygen atoms in total. The monoisotopic (exact) mass is 168 g/mol. The molecule has 10 heteroatoms. The standard InChI is InChI=1S/K.HN8O/c;1-2-3-4-5-6-7-8-9/h;(H-,1,3,5,7,9)/q+1;-1. The van der Waals surface area contributed by atoms with Gasteiger partial charge in [0.15, 0.2) is 0 Å². The largest absolute Gasteiger partial charge is 1.00 e. The normalized spacial score (nSPS) is 9.20. The van der Waals surface area contributed by atoms with Crippen LogP contribution in [0.5, 0.6) is 0 Å². The molecule has 0 heterocycles. The van der Waals surface area contributed by atoms with E-state index in [4.69, 9.17) is 10.4 Å². The maximum Gasteiger partial charge on any atom is 1.00 e. The Morgan fingerprint density at radius 3 is 2.40 bits per heavy atom. The van der Waals surface area contributed by atoms with E-state index in [-0.39, 0.29) is 51.4 Å². The van der Waals surface area contributed by atoms with Crippen molar-refractivity contribution in [2.75, 3.05) is 0 Å². The van der Waals surface area contributed by atoms with E-state index in [1.165, 1.54) is 0 Å². The summed E-state index contributed by atoms with van der Waals surface area (Å²) in [5.74, 6) is 0. The molecule has 0 aliphatic heterocycles. The van der Waals surface area contributed by atoms with Crippen molar-refractivity contribution >= 4 is 0 Å². The fourth-order valence-corrected chi connectivity index (χ4v) is 0.0942. The summed E-state index contributed by atoms with van der Waals surface area (Å²) in [6.45, 7) is 0. The van der Waals surface area contributed by atoms with Crippen molar-refractivity contribution in [2.24, 2.45) is 31.4 Å². The first-order chi connectivity index (χ1) is 4.41. The molecule has 0 aromatic rings. The van der Waals surface area contributed by atoms with Crippen molar-refractivity contribution < 1.29 is 51.4 Å². The quantitative estimate of drug-likeness (QED) is 0.224. The van der Waals surface area contributed by atoms with Crippen LogP contribution in [-0.4, -0.2) is 0 Å². The summed E-state index contributed by atoms with van der Waals surface area (Å²) >= 11 is 0. The zero-order valence-electron chi connectivity index (χ0n) is 5.04. The van der Waals surface area contributed by atoms with Crippen molar-refractivity contribution in [1.29, 1.82) is 0 Å². The van der Waals surface area contributed by atoms with E-state index in [2.05, 4.69) is 26.1 Å². The summed E-state index contributed by atoms with van der Waals surface area (Å²) in [5.41, 5.74) is 9.27. The van der Waals surface area contributed by atoms with Crippen molar-refractivity contribution in [3.05, 3.63) is 10.4 Å². The van der Waals surface area contributed by atoms with Crippen LogP contribution in [0, 0.1) is 4.91 Å². The Kier molecular flexibility index (Phi) is 14.5. The molecule has 0 bridgehead atoms. The third-order valence-electron chi connectivity index (χ3n) is 0.251. The molecule has 10 heavy (non-hydrogen) atoms. The van der Waals surface area contributed by atoms with Crippen LogP contribution in [-0.2, 0) is 0 Å². The van der Waals surface area contributed by atoms with Gasteiger partial charge in [0.2, 0.25) is 0 Å². The molecule has 0 saturated heterocycles. The summed E-state index contributed by atoms with van der Waals surface area (Å²) in [7, 11) is 0. The topological polar surface area (TPSA) is 126 Å². The van der Waals surface area contributed by atoms with Crippen LogP contribution >= 0.6 is 0 Å². The van der Waals surface area contributed by atoms with Gasteiger partial charge in [-0.25, -0.2) is 0 Å². The van der Waals surface area contributed by atoms with Crippen LogP contribution in [0.1, 0.15) is 0 Å². The van der Waals surface area contributed by atoms with Crippen LogP contribution in [0.4, 0.5) is 0 Å². The molecular weight excluding hydrogens is 167 g/mol. The number of hydrogen-bond donors (Lipinski definition) is 1. The first-order valence-electron chi connectivity index (χ1n) is 1.63. The molecule has 1 N–H and O–H groups in total. The zero-order chi connectivity index (χ0) is 6.95. The van der Waals surface area contributed by atoms with Gasteiger partial charge in [-0.15, -0.1) is 10.1 Å². The van der Waals surface area contributed by atoms with Gasteiger partial charge in [0.05, 0.1) is 0 Å². The Morgan fingerprint density at radius 1 is 1.20 bits per heavy atom. The molecule has 48 valence electrons. The average Bonchev–Trinajstić information content (AvgIpc) is 1.89. The Morgan fingerprint density at radius 2 is 1.90 bits per heavy atom. The minimum atomic E-state index is 0. The molecule has 0 radical (unpaired) electrons. The van der Waals surface area contributed by atoms with Crippen LogP contribution in [0.3, 0.4) is 0 Å². The predicted molar refractivity (Wildman–Crippen MR) is 24.4 cm³/mol. The maximum absolute atomic E-state index is 9.13. The van der Waals surface area contributed by atoms with E-state index in [0.29, 0.717) is 0 Å². The second-order valence-corrected chi connectivity index (χ2v) is 0.650. The molecule has 0 aliphatic rings. The van der Waals surface area contributed by atoms with E-state index in [9.17, 15) is 0 Å². The van der Waals surface area contributed by atoms with Crippen LogP contribution < -0.4 is 56.9 Å². The minimum Gasteiger partial charge on any atom is -0.361 e. The van der Waals surface area contributed by atoms with Crippen LogP contribution in [0.2, 0.25) is 0 Å². The zero-order valence-corrected chi connectivity index (χ0v) is 8.16. The van der Waals surface area contributed by atoms with Crippen LogP contribution in [0.15, 0.2) is 31.4 Å². The molecule has 0 atom stereocenters. The second-order valence-electron chi connectivity index (χ2n) is 0.650. The summed E-state index contributed by atoms with van der Waals surface area (Å²) in [6, 6.07) is 0. The molecule has 0 aromatic carbocycles. The van der Waals surface area contributed by atoms with Crippen molar-refractivity contribution in [3.8, 4) is 0 Å². The van der Waals surface area contributed by atoms with E-state index in [1.54, 1.807) is 5.53 Å². The van der Waals surface area contributed by atoms with Gasteiger partial charge in [-0.2, -0.15) is 0 Å². The fourth-order valence-electron chi connectivity index (χ4n) is 0.0942. The molecule has 0 aliphatic carbocycles. The number of rotatable bonds is 4. The average molecular weight is 168 g/mol. The van der Waals surface area contributed by atoms with E-state index in [0.717, 1.165) is 0 Å². The van der Waals surface area contributed by atoms with Crippen molar-refractivity contribution in [1.82, 2.24) is 5.53 Å². The van der Waals surface area contributed by atoms with E-state index in [1.807, 2.05) is 5.29 Å². The molecule has 0 amide bonds. The Balaban J connectivity index is 0. The Hall–Kier alpha value is -0.164. The van der Waals surface area contributed by atoms with Gasteiger partial charge in [0.25, 0.3) is 0 Å². The summed E-state index contributed by atoms with van der Waals surface area (Å²) in [5, 5.41) is 15.1. The van der Waals surface area contributed by atoms with Crippen molar-refractivity contribution in [3.63, 3.8) is 0 Å². The van der Waals surface area contributed by atoms with E-state index >= 15 is 0 Å². The van der Waals surface area contributed by atoms with E-state index < -0.39 is 0 Å². The smallest absolute Gasteiger partial charge is 0.361 e. The molecule has 0 unspecified atom stereocenters. The van der Waals surface area contributed by atoms with Gasteiger partial charge < -0.3 is 5.53 Å². The van der Waals surface area contributed by atoms with Gasteiger partial charge >= 0.3 is 51.4 Å². The third kappa shape index (κ3) is 10.8. The van der Waals surface area contributed by atoms with Gasteiger partial charge in [0, 0.05) is 5.22 Å². The molecule has 0 saturated carbocycles. The van der Waals surface area contributed by atoms with Gasteiger partial charge in [-0.3, -0.25) is 10.8 Å². The number of hydrogen-bond acceptors (Lipinski definition) is 3. The van der Waals surface area contributed by atoms with Gasteiger partial charge in [0.1, 0.15) is 5.29 Å². The molecule has 0 fully saturated rings. The predicted octanol–water partition coefficient (Wildman–Crippen LogP) is -2.07. The molecule has 0 aromatic heterocycles. The molecular formula is HKN8O. The number of nitroso groups, excluding NO2 is 1. The number of nitrogens with one attached hydrogen (secondary N) is 1. The maximum atomic E-state index is 9.13.